The largest absolute Gasteiger partial charge is 0.392 e. The van der Waals surface area contributed by atoms with E-state index in [4.69, 9.17) is 18.0 Å². The van der Waals surface area contributed by atoms with E-state index in [0.29, 0.717) is 6.42 Å². The van der Waals surface area contributed by atoms with Crippen molar-refractivity contribution in [1.29, 1.82) is 0 Å². The lowest BCUT2D eigenvalue weighted by Gasteiger charge is -2.32. The normalized spacial score (nSPS) is 23.8. The fraction of sp³-hybridized carbons (Fsp3) is 0.909. The van der Waals surface area contributed by atoms with Gasteiger partial charge < -0.3 is 10.6 Å². The number of rotatable bonds is 6. The van der Waals surface area contributed by atoms with E-state index < -0.39 is 15.3 Å². The number of nitrogens with one attached hydrogen (secondary N) is 1. The number of hydrogen-bond donors (Lipinski definition) is 2. The molecule has 0 aromatic carbocycles. The van der Waals surface area contributed by atoms with Crippen molar-refractivity contribution in [2.24, 2.45) is 5.73 Å². The van der Waals surface area contributed by atoms with E-state index in [1.807, 2.05) is 0 Å². The Bertz CT molecular complexity index is 384. The minimum absolute atomic E-state index is 0.0212. The van der Waals surface area contributed by atoms with Crippen molar-refractivity contribution in [2.75, 3.05) is 19.6 Å². The summed E-state index contributed by atoms with van der Waals surface area (Å²) in [5.74, 6) is 0. The summed E-state index contributed by atoms with van der Waals surface area (Å²) in [6.07, 6.45) is 2.31. The Kier molecular flexibility index (Phi) is 5.97. The van der Waals surface area contributed by atoms with E-state index in [1.165, 1.54) is 0 Å². The molecule has 1 saturated heterocycles. The van der Waals surface area contributed by atoms with Gasteiger partial charge in [-0.2, -0.15) is 0 Å². The molecule has 3 N–H and O–H groups in total. The SMILES string of the molecule is CCC(C(N)=S)S(=O)(=O)NC1CCCN(CC)C1. The van der Waals surface area contributed by atoms with Gasteiger partial charge in [0.1, 0.15) is 5.25 Å². The van der Waals surface area contributed by atoms with Gasteiger partial charge in [0.2, 0.25) is 10.0 Å². The standard InChI is InChI=1S/C11H23N3O2S2/c1-3-10(11(12)17)18(15,16)13-9-6-5-7-14(4-2)8-9/h9-10,13H,3-8H2,1-2H3,(H2,12,17). The summed E-state index contributed by atoms with van der Waals surface area (Å²) in [6, 6.07) is -0.0212. The van der Waals surface area contributed by atoms with Crippen molar-refractivity contribution in [3.63, 3.8) is 0 Å². The monoisotopic (exact) mass is 293 g/mol. The molecule has 0 spiro atoms. The van der Waals surface area contributed by atoms with Crippen LogP contribution in [0.1, 0.15) is 33.1 Å². The third-order valence-electron chi connectivity index (χ3n) is 3.35. The van der Waals surface area contributed by atoms with E-state index in [0.717, 1.165) is 32.5 Å². The number of hydrogen-bond acceptors (Lipinski definition) is 4. The maximum atomic E-state index is 12.2. The molecule has 1 fully saturated rings. The molecule has 1 heterocycles. The van der Waals surface area contributed by atoms with Gasteiger partial charge in [-0.1, -0.05) is 26.1 Å². The lowest BCUT2D eigenvalue weighted by molar-refractivity contribution is 0.211. The summed E-state index contributed by atoms with van der Waals surface area (Å²) < 4.78 is 27.1. The zero-order chi connectivity index (χ0) is 13.8. The maximum Gasteiger partial charge on any atom is 0.221 e. The van der Waals surface area contributed by atoms with Crippen LogP contribution in [-0.2, 0) is 10.0 Å². The molecular weight excluding hydrogens is 270 g/mol. The van der Waals surface area contributed by atoms with E-state index in [1.54, 1.807) is 6.92 Å². The highest BCUT2D eigenvalue weighted by atomic mass is 32.2. The molecule has 1 aliphatic rings. The number of sulfonamides is 1. The van der Waals surface area contributed by atoms with Gasteiger partial charge in [-0.15, -0.1) is 0 Å². The predicted molar refractivity (Wildman–Crippen MR) is 78.1 cm³/mol. The first kappa shape index (κ1) is 15.8. The Morgan fingerprint density at radius 2 is 2.22 bits per heavy atom. The number of likely N-dealkylation sites (N-methyl/N-ethyl adjacent to an activating group) is 1. The van der Waals surface area contributed by atoms with Gasteiger partial charge in [-0.3, -0.25) is 0 Å². The van der Waals surface area contributed by atoms with Gasteiger partial charge in [0.15, 0.2) is 0 Å². The molecule has 0 amide bonds. The zero-order valence-electron chi connectivity index (χ0n) is 11.1. The Morgan fingerprint density at radius 1 is 1.56 bits per heavy atom. The minimum Gasteiger partial charge on any atom is -0.392 e. The van der Waals surface area contributed by atoms with Crippen LogP contribution in [0.2, 0.25) is 0 Å². The number of nitrogens with two attached hydrogens (primary N) is 1. The molecule has 0 aliphatic carbocycles. The zero-order valence-corrected chi connectivity index (χ0v) is 12.7. The van der Waals surface area contributed by atoms with Crippen molar-refractivity contribution < 1.29 is 8.42 Å². The molecule has 0 saturated carbocycles. The second-order valence-corrected chi connectivity index (χ2v) is 7.06. The predicted octanol–water partition coefficient (Wildman–Crippen LogP) is 0.455. The lowest BCUT2D eigenvalue weighted by atomic mass is 10.1. The summed E-state index contributed by atoms with van der Waals surface area (Å²) in [5.41, 5.74) is 5.49. The number of nitrogens with zero attached hydrogens (tertiary/aromatic N) is 1. The average Bonchev–Trinajstić information content (AvgIpc) is 2.28. The van der Waals surface area contributed by atoms with Gasteiger partial charge in [0, 0.05) is 12.6 Å². The summed E-state index contributed by atoms with van der Waals surface area (Å²) in [7, 11) is -3.45. The molecule has 2 unspecified atom stereocenters. The van der Waals surface area contributed by atoms with Gasteiger partial charge in [-0.05, 0) is 32.4 Å². The molecule has 7 heteroatoms. The molecule has 2 atom stereocenters. The van der Waals surface area contributed by atoms with Crippen LogP contribution < -0.4 is 10.5 Å². The molecule has 1 aliphatic heterocycles. The summed E-state index contributed by atoms with van der Waals surface area (Å²) in [5, 5.41) is -0.760. The topological polar surface area (TPSA) is 75.4 Å². The van der Waals surface area contributed by atoms with Gasteiger partial charge in [-0.25, -0.2) is 13.1 Å². The highest BCUT2D eigenvalue weighted by molar-refractivity contribution is 7.93. The summed E-state index contributed by atoms with van der Waals surface area (Å²) in [6.45, 7) is 6.62. The Morgan fingerprint density at radius 3 is 2.72 bits per heavy atom. The highest BCUT2D eigenvalue weighted by Gasteiger charge is 2.30. The molecule has 106 valence electrons. The first-order chi connectivity index (χ1) is 8.40. The van der Waals surface area contributed by atoms with Crippen LogP contribution in [0.5, 0.6) is 0 Å². The minimum atomic E-state index is -3.45. The van der Waals surface area contributed by atoms with Crippen molar-refractivity contribution in [2.45, 2.75) is 44.4 Å². The first-order valence-electron chi connectivity index (χ1n) is 6.43. The average molecular weight is 293 g/mol. The van der Waals surface area contributed by atoms with Crippen molar-refractivity contribution in [3.8, 4) is 0 Å². The van der Waals surface area contributed by atoms with Gasteiger partial charge in [0.25, 0.3) is 0 Å². The molecule has 0 radical (unpaired) electrons. The Labute approximate surface area is 115 Å². The maximum absolute atomic E-state index is 12.2. The molecule has 0 bridgehead atoms. The molecular formula is C11H23N3O2S2. The smallest absolute Gasteiger partial charge is 0.221 e. The van der Waals surface area contributed by atoms with E-state index >= 15 is 0 Å². The van der Waals surface area contributed by atoms with Gasteiger partial charge in [0.05, 0.1) is 4.99 Å². The third kappa shape index (κ3) is 4.15. The Hall–Kier alpha value is -0.240. The van der Waals surface area contributed by atoms with Crippen LogP contribution in [0, 0.1) is 0 Å². The van der Waals surface area contributed by atoms with E-state index in [2.05, 4.69) is 16.5 Å². The molecule has 1 rings (SSSR count). The Balaban J connectivity index is 2.67. The number of thiocarbonyl (C=S) groups is 1. The molecule has 18 heavy (non-hydrogen) atoms. The second kappa shape index (κ2) is 6.79. The lowest BCUT2D eigenvalue weighted by Crippen LogP contribution is -2.51. The first-order valence-corrected chi connectivity index (χ1v) is 8.39. The van der Waals surface area contributed by atoms with Crippen LogP contribution in [0.3, 0.4) is 0 Å². The van der Waals surface area contributed by atoms with Crippen LogP contribution in [-0.4, -0.2) is 49.2 Å². The van der Waals surface area contributed by atoms with Gasteiger partial charge >= 0.3 is 0 Å². The molecule has 0 aromatic rings. The number of likely N-dealkylation sites (tertiary alicyclic amines) is 1. The van der Waals surface area contributed by atoms with E-state index in [-0.39, 0.29) is 11.0 Å². The van der Waals surface area contributed by atoms with Crippen molar-refractivity contribution in [3.05, 3.63) is 0 Å². The fourth-order valence-corrected chi connectivity index (χ4v) is 4.44. The summed E-state index contributed by atoms with van der Waals surface area (Å²) >= 11 is 4.83. The summed E-state index contributed by atoms with van der Waals surface area (Å²) in [4.78, 5) is 2.30. The van der Waals surface area contributed by atoms with Crippen LogP contribution in [0.25, 0.3) is 0 Å². The van der Waals surface area contributed by atoms with Crippen LogP contribution in [0.4, 0.5) is 0 Å². The molecule has 0 aromatic heterocycles. The number of piperidine rings is 1. The van der Waals surface area contributed by atoms with E-state index in [9.17, 15) is 8.42 Å². The third-order valence-corrected chi connectivity index (χ3v) is 5.78. The molecule has 5 nitrogen and oxygen atoms in total. The fourth-order valence-electron chi connectivity index (χ4n) is 2.33. The quantitative estimate of drug-likeness (QED) is 0.696. The second-order valence-electron chi connectivity index (χ2n) is 4.69. The highest BCUT2D eigenvalue weighted by Crippen LogP contribution is 2.13. The van der Waals surface area contributed by atoms with Crippen molar-refractivity contribution in [1.82, 2.24) is 9.62 Å². The van der Waals surface area contributed by atoms with Crippen LogP contribution >= 0.6 is 12.2 Å². The van der Waals surface area contributed by atoms with Crippen LogP contribution in [0.15, 0.2) is 0 Å². The van der Waals surface area contributed by atoms with Crippen molar-refractivity contribution >= 4 is 27.2 Å².